The van der Waals surface area contributed by atoms with E-state index in [9.17, 15) is 10.9 Å². The minimum absolute atomic E-state index is 0.0768. The lowest BCUT2D eigenvalue weighted by Gasteiger charge is -1.69. The summed E-state index contributed by atoms with van der Waals surface area (Å²) in [5.41, 5.74) is 0. The maximum Gasteiger partial charge on any atom is 0.307 e. The zero-order valence-electron chi connectivity index (χ0n) is 3.59. The van der Waals surface area contributed by atoms with Crippen LogP contribution >= 0.6 is 19.8 Å². The molecule has 0 aromatic rings. The molecule has 0 heterocycles. The first-order chi connectivity index (χ1) is 3.27. The van der Waals surface area contributed by atoms with Gasteiger partial charge in [0.2, 0.25) is 0 Å². The molecule has 0 unspecified atom stereocenters. The quantitative estimate of drug-likeness (QED) is 0.397. The van der Waals surface area contributed by atoms with E-state index in [4.69, 9.17) is 0 Å². The Labute approximate surface area is 48.2 Å². The van der Waals surface area contributed by atoms with Crippen LogP contribution in [0.5, 0.6) is 0 Å². The highest BCUT2D eigenvalue weighted by Crippen LogP contribution is 2.02. The van der Waals surface area contributed by atoms with E-state index in [-0.39, 0.29) is 10.8 Å². The van der Waals surface area contributed by atoms with E-state index in [0.29, 0.717) is 6.29 Å². The number of hydrogen-bond acceptors (Lipinski definition) is 3. The molecule has 3 nitrogen and oxygen atoms in total. The molecule has 0 aliphatic carbocycles. The molecule has 0 aromatic carbocycles. The molecular formula is C3H5IO3. The van der Waals surface area contributed by atoms with Gasteiger partial charge in [-0.3, -0.25) is 0 Å². The third-order valence-corrected chi connectivity index (χ3v) is 1.88. The van der Waals surface area contributed by atoms with Crippen molar-refractivity contribution in [3.8, 4) is 0 Å². The van der Waals surface area contributed by atoms with E-state index in [1.807, 2.05) is 0 Å². The molecule has 7 heavy (non-hydrogen) atoms. The summed E-state index contributed by atoms with van der Waals surface area (Å²) in [4.78, 5) is 9.46. The van der Waals surface area contributed by atoms with Crippen LogP contribution in [-0.2, 0) is 10.9 Å². The number of alkyl halides is 1. The SMILES string of the molecule is O=CCCI(=O)=O. The Morgan fingerprint density at radius 3 is 2.14 bits per heavy atom. The molecule has 0 aromatic heterocycles. The van der Waals surface area contributed by atoms with Gasteiger partial charge < -0.3 is 4.79 Å². The fraction of sp³-hybridized carbons (Fsp3) is 0.667. The molecule has 0 rings (SSSR count). The summed E-state index contributed by atoms with van der Waals surface area (Å²) >= 11 is -3.06. The van der Waals surface area contributed by atoms with Gasteiger partial charge in [0, 0.05) is 6.42 Å². The van der Waals surface area contributed by atoms with E-state index in [2.05, 4.69) is 0 Å². The van der Waals surface area contributed by atoms with Crippen molar-refractivity contribution in [2.24, 2.45) is 0 Å². The summed E-state index contributed by atoms with van der Waals surface area (Å²) in [6.45, 7) is 0. The summed E-state index contributed by atoms with van der Waals surface area (Å²) < 4.78 is 19.5. The van der Waals surface area contributed by atoms with Crippen LogP contribution in [0, 0.1) is 0 Å². The largest absolute Gasteiger partial charge is 0.307 e. The first-order valence-corrected chi connectivity index (χ1v) is 5.01. The van der Waals surface area contributed by atoms with Gasteiger partial charge in [-0.05, 0) is 0 Å². The molecule has 0 N–H and O–H groups in total. The van der Waals surface area contributed by atoms with Gasteiger partial charge in [0.25, 0.3) is 0 Å². The van der Waals surface area contributed by atoms with Gasteiger partial charge in [0.05, 0.1) is 4.43 Å². The highest BCUT2D eigenvalue weighted by atomic mass is 127. The van der Waals surface area contributed by atoms with Crippen LogP contribution in [0.4, 0.5) is 0 Å². The molecule has 0 radical (unpaired) electrons. The standard InChI is InChI=1S/C3H5IO3/c5-3-1-2-4(6)7/h3H,1-2H2. The average Bonchev–Trinajstić information content (AvgIpc) is 1.61. The molecule has 0 atom stereocenters. The van der Waals surface area contributed by atoms with Crippen molar-refractivity contribution in [1.29, 1.82) is 0 Å². The number of carbonyl (C=O) groups is 1. The monoisotopic (exact) mass is 216 g/mol. The molecule has 42 valence electrons. The van der Waals surface area contributed by atoms with Crippen LogP contribution < -0.4 is 0 Å². The Hall–Kier alpha value is -0.0000000000000000555. The Morgan fingerprint density at radius 1 is 1.43 bits per heavy atom. The summed E-state index contributed by atoms with van der Waals surface area (Å²) in [6, 6.07) is 0. The summed E-state index contributed by atoms with van der Waals surface area (Å²) in [6.07, 6.45) is 0.776. The highest BCUT2D eigenvalue weighted by molar-refractivity contribution is 14.2. The van der Waals surface area contributed by atoms with E-state index in [1.54, 1.807) is 0 Å². The molecule has 4 heteroatoms. The lowest BCUT2D eigenvalue weighted by molar-refractivity contribution is -0.107. The van der Waals surface area contributed by atoms with Gasteiger partial charge in [0.15, 0.2) is 0 Å². The maximum atomic E-state index is 9.73. The zero-order valence-corrected chi connectivity index (χ0v) is 5.75. The second kappa shape index (κ2) is 4.17. The third kappa shape index (κ3) is 6.00. The van der Waals surface area contributed by atoms with Crippen LogP contribution in [0.2, 0.25) is 0 Å². The summed E-state index contributed by atoms with van der Waals surface area (Å²) in [7, 11) is 0. The Kier molecular flexibility index (Phi) is 4.17. The predicted molar refractivity (Wildman–Crippen MR) is 30.9 cm³/mol. The van der Waals surface area contributed by atoms with Gasteiger partial charge in [-0.15, -0.1) is 0 Å². The second-order valence-corrected chi connectivity index (χ2v) is 3.61. The molecule has 0 fully saturated rings. The van der Waals surface area contributed by atoms with E-state index < -0.39 is 19.8 Å². The van der Waals surface area contributed by atoms with Crippen molar-refractivity contribution in [1.82, 2.24) is 0 Å². The van der Waals surface area contributed by atoms with Gasteiger partial charge in [-0.25, -0.2) is 6.14 Å². The normalized spacial score (nSPS) is 9.29. The van der Waals surface area contributed by atoms with Crippen molar-refractivity contribution < 1.29 is 10.9 Å². The number of carbonyl (C=O) groups excluding carboxylic acids is 1. The molecule has 0 aliphatic heterocycles. The highest BCUT2D eigenvalue weighted by Gasteiger charge is 1.86. The maximum absolute atomic E-state index is 9.73. The molecule has 0 saturated heterocycles. The number of aldehydes is 1. The van der Waals surface area contributed by atoms with E-state index in [1.165, 1.54) is 0 Å². The average molecular weight is 216 g/mol. The first-order valence-electron chi connectivity index (χ1n) is 1.72. The fourth-order valence-electron chi connectivity index (χ4n) is 0.134. The Bertz CT molecular complexity index is 107. The molecular weight excluding hydrogens is 211 g/mol. The number of rotatable bonds is 3. The predicted octanol–water partition coefficient (Wildman–Crippen LogP) is 0.773. The second-order valence-electron chi connectivity index (χ2n) is 0.926. The third-order valence-electron chi connectivity index (χ3n) is 0.381. The van der Waals surface area contributed by atoms with Crippen molar-refractivity contribution in [2.75, 3.05) is 4.43 Å². The summed E-state index contributed by atoms with van der Waals surface area (Å²) in [5.74, 6) is 0. The molecule has 0 aliphatic rings. The Morgan fingerprint density at radius 2 is 2.00 bits per heavy atom. The van der Waals surface area contributed by atoms with Crippen LogP contribution in [0.25, 0.3) is 0 Å². The molecule has 0 spiro atoms. The van der Waals surface area contributed by atoms with Gasteiger partial charge in [0.1, 0.15) is 6.29 Å². The van der Waals surface area contributed by atoms with Crippen molar-refractivity contribution >= 4 is 26.1 Å². The van der Waals surface area contributed by atoms with E-state index in [0.717, 1.165) is 0 Å². The van der Waals surface area contributed by atoms with Crippen LogP contribution in [-0.4, -0.2) is 10.7 Å². The lowest BCUT2D eigenvalue weighted by Crippen LogP contribution is -1.72. The molecule has 0 amide bonds. The zero-order chi connectivity index (χ0) is 5.70. The van der Waals surface area contributed by atoms with Crippen molar-refractivity contribution in [3.63, 3.8) is 0 Å². The summed E-state index contributed by atoms with van der Waals surface area (Å²) in [5, 5.41) is 0. The van der Waals surface area contributed by atoms with Crippen molar-refractivity contribution in [3.05, 3.63) is 0 Å². The van der Waals surface area contributed by atoms with Crippen molar-refractivity contribution in [2.45, 2.75) is 6.42 Å². The molecule has 0 bridgehead atoms. The van der Waals surface area contributed by atoms with Gasteiger partial charge >= 0.3 is 19.8 Å². The minimum atomic E-state index is -3.06. The topological polar surface area (TPSA) is 51.2 Å². The molecule has 0 saturated carbocycles. The van der Waals surface area contributed by atoms with Gasteiger partial charge in [-0.1, -0.05) is 0 Å². The van der Waals surface area contributed by atoms with Crippen LogP contribution in [0.1, 0.15) is 6.42 Å². The Balaban J connectivity index is 3.14. The van der Waals surface area contributed by atoms with E-state index >= 15 is 0 Å². The fourth-order valence-corrected chi connectivity index (χ4v) is 0.896. The first kappa shape index (κ1) is 7.00. The lowest BCUT2D eigenvalue weighted by atomic mass is 10.6. The number of halogens is 1. The van der Waals surface area contributed by atoms with Crippen LogP contribution in [0.3, 0.4) is 0 Å². The smallest absolute Gasteiger partial charge is 0.303 e. The van der Waals surface area contributed by atoms with Gasteiger partial charge in [-0.2, -0.15) is 0 Å². The minimum Gasteiger partial charge on any atom is -0.303 e. The van der Waals surface area contributed by atoms with Crippen LogP contribution in [0.15, 0.2) is 0 Å². The number of hydrogen-bond donors (Lipinski definition) is 0.